The van der Waals surface area contributed by atoms with Crippen molar-refractivity contribution in [3.63, 3.8) is 0 Å². The molecule has 1 heterocycles. The molecule has 0 aliphatic heterocycles. The van der Waals surface area contributed by atoms with Gasteiger partial charge in [-0.05, 0) is 19.3 Å². The Hall–Kier alpha value is -0.550. The average Bonchev–Trinajstić information content (AvgIpc) is 2.88. The molecule has 0 saturated heterocycles. The van der Waals surface area contributed by atoms with Crippen LogP contribution in [0, 0.1) is 0 Å². The molecular weight excluding hydrogens is 246 g/mol. The van der Waals surface area contributed by atoms with Gasteiger partial charge >= 0.3 is 0 Å². The van der Waals surface area contributed by atoms with E-state index in [1.807, 2.05) is 11.8 Å². The van der Waals surface area contributed by atoms with Crippen molar-refractivity contribution in [1.29, 1.82) is 0 Å². The molecule has 18 heavy (non-hydrogen) atoms. The van der Waals surface area contributed by atoms with E-state index >= 15 is 0 Å². The summed E-state index contributed by atoms with van der Waals surface area (Å²) in [6.45, 7) is 2.67. The Morgan fingerprint density at radius 1 is 1.39 bits per heavy atom. The molecule has 1 saturated carbocycles. The standard InChI is InChI=1S/C13H23N3OS/c1-2-10(8-14)13-15-12(16-17-13)9-18-11-6-4-3-5-7-11/h10-11H,2-9,14H2,1H3. The van der Waals surface area contributed by atoms with Gasteiger partial charge < -0.3 is 10.3 Å². The predicted octanol–water partition coefficient (Wildman–Crippen LogP) is 3.09. The van der Waals surface area contributed by atoms with Crippen LogP contribution in [0.5, 0.6) is 0 Å². The molecule has 0 spiro atoms. The van der Waals surface area contributed by atoms with E-state index in [1.54, 1.807) is 0 Å². The van der Waals surface area contributed by atoms with Crippen molar-refractivity contribution in [2.45, 2.75) is 62.4 Å². The molecule has 1 aliphatic rings. The van der Waals surface area contributed by atoms with Crippen LogP contribution in [0.1, 0.15) is 63.1 Å². The molecule has 0 radical (unpaired) electrons. The van der Waals surface area contributed by atoms with Gasteiger partial charge in [0.2, 0.25) is 5.89 Å². The lowest BCUT2D eigenvalue weighted by molar-refractivity contribution is 0.348. The van der Waals surface area contributed by atoms with Gasteiger partial charge in [0.25, 0.3) is 0 Å². The number of hydrogen-bond acceptors (Lipinski definition) is 5. The number of rotatable bonds is 6. The summed E-state index contributed by atoms with van der Waals surface area (Å²) in [5.74, 6) is 2.62. The van der Waals surface area contributed by atoms with Gasteiger partial charge in [-0.15, -0.1) is 0 Å². The van der Waals surface area contributed by atoms with E-state index in [9.17, 15) is 0 Å². The summed E-state index contributed by atoms with van der Waals surface area (Å²) in [6, 6.07) is 0. The van der Waals surface area contributed by atoms with E-state index in [4.69, 9.17) is 10.3 Å². The smallest absolute Gasteiger partial charge is 0.231 e. The molecule has 102 valence electrons. The van der Waals surface area contributed by atoms with E-state index in [0.29, 0.717) is 12.4 Å². The first-order valence-corrected chi connectivity index (χ1v) is 8.02. The zero-order valence-electron chi connectivity index (χ0n) is 11.1. The van der Waals surface area contributed by atoms with Crippen molar-refractivity contribution in [1.82, 2.24) is 10.1 Å². The Labute approximate surface area is 113 Å². The highest BCUT2D eigenvalue weighted by Gasteiger charge is 2.18. The lowest BCUT2D eigenvalue weighted by atomic mass is 10.0. The second kappa shape index (κ2) is 7.14. The van der Waals surface area contributed by atoms with Crippen LogP contribution in [0.4, 0.5) is 0 Å². The second-order valence-corrected chi connectivity index (χ2v) is 6.25. The van der Waals surface area contributed by atoms with Crippen LogP contribution in [-0.4, -0.2) is 21.9 Å². The Balaban J connectivity index is 1.82. The molecule has 1 aliphatic carbocycles. The maximum atomic E-state index is 5.68. The third kappa shape index (κ3) is 3.72. The lowest BCUT2D eigenvalue weighted by Gasteiger charge is -2.20. The number of hydrogen-bond donors (Lipinski definition) is 1. The highest BCUT2D eigenvalue weighted by Crippen LogP contribution is 2.30. The minimum absolute atomic E-state index is 0.214. The summed E-state index contributed by atoms with van der Waals surface area (Å²) < 4.78 is 5.29. The normalized spacial score (nSPS) is 19.0. The van der Waals surface area contributed by atoms with Gasteiger partial charge in [0.15, 0.2) is 5.82 Å². The molecule has 5 heteroatoms. The van der Waals surface area contributed by atoms with Gasteiger partial charge in [-0.25, -0.2) is 0 Å². The zero-order valence-corrected chi connectivity index (χ0v) is 11.9. The first-order chi connectivity index (χ1) is 8.83. The molecule has 1 unspecified atom stereocenters. The lowest BCUT2D eigenvalue weighted by Crippen LogP contribution is -2.12. The van der Waals surface area contributed by atoms with Crippen LogP contribution < -0.4 is 5.73 Å². The van der Waals surface area contributed by atoms with Gasteiger partial charge in [0.05, 0.1) is 11.7 Å². The molecule has 1 atom stereocenters. The molecule has 1 aromatic rings. The van der Waals surface area contributed by atoms with Crippen LogP contribution in [0.2, 0.25) is 0 Å². The van der Waals surface area contributed by atoms with Crippen LogP contribution >= 0.6 is 11.8 Å². The van der Waals surface area contributed by atoms with Crippen molar-refractivity contribution < 1.29 is 4.52 Å². The topological polar surface area (TPSA) is 64.9 Å². The molecule has 0 bridgehead atoms. The SMILES string of the molecule is CCC(CN)c1nc(CSC2CCCCC2)no1. The Kier molecular flexibility index (Phi) is 5.50. The van der Waals surface area contributed by atoms with E-state index in [0.717, 1.165) is 23.2 Å². The third-order valence-corrected chi connectivity index (χ3v) is 4.98. The summed E-state index contributed by atoms with van der Waals surface area (Å²) in [4.78, 5) is 4.46. The van der Waals surface area contributed by atoms with E-state index in [-0.39, 0.29) is 5.92 Å². The van der Waals surface area contributed by atoms with Crippen molar-refractivity contribution in [2.24, 2.45) is 5.73 Å². The molecule has 0 amide bonds. The highest BCUT2D eigenvalue weighted by molar-refractivity contribution is 7.99. The van der Waals surface area contributed by atoms with Gasteiger partial charge in [-0.2, -0.15) is 16.7 Å². The minimum atomic E-state index is 0.214. The summed E-state index contributed by atoms with van der Waals surface area (Å²) in [5.41, 5.74) is 5.68. The average molecular weight is 269 g/mol. The summed E-state index contributed by atoms with van der Waals surface area (Å²) in [7, 11) is 0. The third-order valence-electron chi connectivity index (χ3n) is 3.61. The van der Waals surface area contributed by atoms with Gasteiger partial charge in [-0.3, -0.25) is 0 Å². The fourth-order valence-electron chi connectivity index (χ4n) is 2.36. The predicted molar refractivity (Wildman–Crippen MR) is 74.6 cm³/mol. The minimum Gasteiger partial charge on any atom is -0.339 e. The molecule has 1 fully saturated rings. The summed E-state index contributed by atoms with van der Waals surface area (Å²) in [6.07, 6.45) is 7.79. The second-order valence-electron chi connectivity index (χ2n) is 4.96. The number of nitrogens with two attached hydrogens (primary N) is 1. The van der Waals surface area contributed by atoms with Gasteiger partial charge in [0.1, 0.15) is 0 Å². The number of aromatic nitrogens is 2. The molecular formula is C13H23N3OS. The largest absolute Gasteiger partial charge is 0.339 e. The Morgan fingerprint density at radius 3 is 2.83 bits per heavy atom. The van der Waals surface area contributed by atoms with Crippen LogP contribution in [0.3, 0.4) is 0 Å². The summed E-state index contributed by atoms with van der Waals surface area (Å²) in [5, 5.41) is 4.84. The number of thioether (sulfide) groups is 1. The molecule has 1 aromatic heterocycles. The van der Waals surface area contributed by atoms with Gasteiger partial charge in [0, 0.05) is 11.8 Å². The van der Waals surface area contributed by atoms with Gasteiger partial charge in [-0.1, -0.05) is 31.3 Å². The van der Waals surface area contributed by atoms with Crippen LogP contribution in [0.15, 0.2) is 4.52 Å². The van der Waals surface area contributed by atoms with Crippen LogP contribution in [-0.2, 0) is 5.75 Å². The van der Waals surface area contributed by atoms with Crippen LogP contribution in [0.25, 0.3) is 0 Å². The fraction of sp³-hybridized carbons (Fsp3) is 0.846. The zero-order chi connectivity index (χ0) is 12.8. The first kappa shape index (κ1) is 13.9. The van der Waals surface area contributed by atoms with E-state index in [1.165, 1.54) is 32.1 Å². The fourth-order valence-corrected chi connectivity index (χ4v) is 3.53. The summed E-state index contributed by atoms with van der Waals surface area (Å²) >= 11 is 1.97. The maximum Gasteiger partial charge on any atom is 0.231 e. The monoisotopic (exact) mass is 269 g/mol. The molecule has 0 aromatic carbocycles. The Bertz CT molecular complexity index is 346. The first-order valence-electron chi connectivity index (χ1n) is 6.97. The van der Waals surface area contributed by atoms with Crippen molar-refractivity contribution in [3.8, 4) is 0 Å². The molecule has 2 rings (SSSR count). The molecule has 2 N–H and O–H groups in total. The number of nitrogens with zero attached hydrogens (tertiary/aromatic N) is 2. The maximum absolute atomic E-state index is 5.68. The Morgan fingerprint density at radius 2 is 2.17 bits per heavy atom. The van der Waals surface area contributed by atoms with E-state index < -0.39 is 0 Å². The quantitative estimate of drug-likeness (QED) is 0.859. The molecule has 4 nitrogen and oxygen atoms in total. The van der Waals surface area contributed by atoms with Crippen molar-refractivity contribution >= 4 is 11.8 Å². The van der Waals surface area contributed by atoms with Crippen molar-refractivity contribution in [3.05, 3.63) is 11.7 Å². The van der Waals surface area contributed by atoms with Crippen molar-refractivity contribution in [2.75, 3.05) is 6.54 Å². The van der Waals surface area contributed by atoms with E-state index in [2.05, 4.69) is 17.1 Å². The highest BCUT2D eigenvalue weighted by atomic mass is 32.2.